The number of carbonyl (C=O) groups is 2. The van der Waals surface area contributed by atoms with Gasteiger partial charge in [0.2, 0.25) is 5.91 Å². The van der Waals surface area contributed by atoms with Crippen molar-refractivity contribution in [3.63, 3.8) is 0 Å². The van der Waals surface area contributed by atoms with E-state index in [9.17, 15) is 9.59 Å². The summed E-state index contributed by atoms with van der Waals surface area (Å²) < 4.78 is 0. The Morgan fingerprint density at radius 2 is 2.06 bits per heavy atom. The van der Waals surface area contributed by atoms with Gasteiger partial charge in [-0.3, -0.25) is 9.59 Å². The highest BCUT2D eigenvalue weighted by atomic mass is 16.4. The summed E-state index contributed by atoms with van der Waals surface area (Å²) in [6, 6.07) is 0. The van der Waals surface area contributed by atoms with E-state index in [1.165, 1.54) is 0 Å². The molecular formula is C8H13N5O3. The number of H-pyrrole nitrogens is 1. The van der Waals surface area contributed by atoms with Gasteiger partial charge in [0, 0.05) is 12.8 Å². The highest BCUT2D eigenvalue weighted by molar-refractivity contribution is 5.75. The van der Waals surface area contributed by atoms with E-state index in [1.54, 1.807) is 0 Å². The standard InChI is InChI=1S/C8H13N5O3/c14-7(3-1-2-4-8(15)16)9-5-6-10-12-13-11-6/h1-5H2,(H,9,14)(H,15,16)(H,10,11,12,13). The fourth-order valence-corrected chi connectivity index (χ4v) is 1.09. The monoisotopic (exact) mass is 227 g/mol. The molecule has 8 heteroatoms. The summed E-state index contributed by atoms with van der Waals surface area (Å²) in [6.07, 6.45) is 1.47. The SMILES string of the molecule is O=C(O)CCCCC(=O)NCc1nn[nH]n1. The van der Waals surface area contributed by atoms with Gasteiger partial charge in [-0.1, -0.05) is 5.21 Å². The first kappa shape index (κ1) is 12.1. The van der Waals surface area contributed by atoms with E-state index in [-0.39, 0.29) is 18.9 Å². The molecule has 0 saturated heterocycles. The number of amides is 1. The van der Waals surface area contributed by atoms with E-state index in [2.05, 4.69) is 25.9 Å². The van der Waals surface area contributed by atoms with E-state index in [0.29, 0.717) is 25.1 Å². The Labute approximate surface area is 91.4 Å². The molecule has 0 saturated carbocycles. The molecule has 3 N–H and O–H groups in total. The molecular weight excluding hydrogens is 214 g/mol. The van der Waals surface area contributed by atoms with Crippen LogP contribution in [0.3, 0.4) is 0 Å². The van der Waals surface area contributed by atoms with Gasteiger partial charge >= 0.3 is 5.97 Å². The van der Waals surface area contributed by atoms with Gasteiger partial charge in [0.05, 0.1) is 6.54 Å². The van der Waals surface area contributed by atoms with Crippen LogP contribution in [0.2, 0.25) is 0 Å². The summed E-state index contributed by atoms with van der Waals surface area (Å²) in [6.45, 7) is 0.230. The van der Waals surface area contributed by atoms with Gasteiger partial charge in [0.15, 0.2) is 5.82 Å². The smallest absolute Gasteiger partial charge is 0.303 e. The third-order valence-electron chi connectivity index (χ3n) is 1.88. The van der Waals surface area contributed by atoms with Gasteiger partial charge in [-0.2, -0.15) is 5.21 Å². The lowest BCUT2D eigenvalue weighted by molar-refractivity contribution is -0.137. The molecule has 1 rings (SSSR count). The average Bonchev–Trinajstić information content (AvgIpc) is 2.74. The number of tetrazole rings is 1. The van der Waals surface area contributed by atoms with E-state index >= 15 is 0 Å². The fraction of sp³-hybridized carbons (Fsp3) is 0.625. The van der Waals surface area contributed by atoms with Gasteiger partial charge in [-0.15, -0.1) is 10.2 Å². The number of unbranched alkanes of at least 4 members (excludes halogenated alkanes) is 1. The van der Waals surface area contributed by atoms with Crippen LogP contribution in [0.25, 0.3) is 0 Å². The quantitative estimate of drug-likeness (QED) is 0.538. The first-order valence-corrected chi connectivity index (χ1v) is 4.89. The average molecular weight is 227 g/mol. The number of aliphatic carboxylic acids is 1. The summed E-state index contributed by atoms with van der Waals surface area (Å²) in [4.78, 5) is 21.4. The number of nitrogens with one attached hydrogen (secondary N) is 2. The zero-order valence-corrected chi connectivity index (χ0v) is 8.64. The Balaban J connectivity index is 2.05. The lowest BCUT2D eigenvalue weighted by Crippen LogP contribution is -2.23. The van der Waals surface area contributed by atoms with Crippen molar-refractivity contribution in [3.05, 3.63) is 5.82 Å². The van der Waals surface area contributed by atoms with Crippen LogP contribution in [-0.2, 0) is 16.1 Å². The van der Waals surface area contributed by atoms with Crippen molar-refractivity contribution in [2.75, 3.05) is 0 Å². The number of carboxylic acids is 1. The van der Waals surface area contributed by atoms with Gasteiger partial charge < -0.3 is 10.4 Å². The van der Waals surface area contributed by atoms with E-state index in [4.69, 9.17) is 5.11 Å². The van der Waals surface area contributed by atoms with Crippen LogP contribution < -0.4 is 5.32 Å². The Bertz CT molecular complexity index is 337. The molecule has 16 heavy (non-hydrogen) atoms. The Hall–Kier alpha value is -1.99. The summed E-state index contributed by atoms with van der Waals surface area (Å²) in [7, 11) is 0. The van der Waals surface area contributed by atoms with Crippen molar-refractivity contribution in [1.82, 2.24) is 25.9 Å². The van der Waals surface area contributed by atoms with Crippen LogP contribution in [0.5, 0.6) is 0 Å². The Kier molecular flexibility index (Phi) is 4.90. The van der Waals surface area contributed by atoms with Crippen molar-refractivity contribution < 1.29 is 14.7 Å². The highest BCUT2D eigenvalue weighted by Crippen LogP contribution is 1.99. The molecule has 0 radical (unpaired) electrons. The maximum absolute atomic E-state index is 11.2. The minimum Gasteiger partial charge on any atom is -0.481 e. The summed E-state index contributed by atoms with van der Waals surface area (Å²) in [5.74, 6) is -0.568. The predicted octanol–water partition coefficient (Wildman–Crippen LogP) is -0.539. The maximum Gasteiger partial charge on any atom is 0.303 e. The molecule has 1 amide bonds. The number of hydrogen-bond donors (Lipinski definition) is 3. The lowest BCUT2D eigenvalue weighted by Gasteiger charge is -2.01. The fourth-order valence-electron chi connectivity index (χ4n) is 1.09. The lowest BCUT2D eigenvalue weighted by atomic mass is 10.2. The number of aromatic amines is 1. The van der Waals surface area contributed by atoms with Crippen LogP contribution in [0.4, 0.5) is 0 Å². The second-order valence-corrected chi connectivity index (χ2v) is 3.21. The molecule has 1 aromatic heterocycles. The molecule has 0 aliphatic carbocycles. The predicted molar refractivity (Wildman–Crippen MR) is 52.1 cm³/mol. The van der Waals surface area contributed by atoms with Crippen molar-refractivity contribution in [3.8, 4) is 0 Å². The van der Waals surface area contributed by atoms with Crippen molar-refractivity contribution in [1.29, 1.82) is 0 Å². The minimum atomic E-state index is -0.841. The molecule has 0 aromatic carbocycles. The molecule has 0 spiro atoms. The van der Waals surface area contributed by atoms with Gasteiger partial charge in [0.1, 0.15) is 0 Å². The normalized spacial score (nSPS) is 10.0. The second-order valence-electron chi connectivity index (χ2n) is 3.21. The van der Waals surface area contributed by atoms with Crippen LogP contribution in [0.1, 0.15) is 31.5 Å². The first-order valence-electron chi connectivity index (χ1n) is 4.89. The molecule has 0 unspecified atom stereocenters. The topological polar surface area (TPSA) is 121 Å². The number of nitrogens with zero attached hydrogens (tertiary/aromatic N) is 3. The molecule has 88 valence electrons. The number of rotatable bonds is 7. The van der Waals surface area contributed by atoms with E-state index in [1.807, 2.05) is 0 Å². The van der Waals surface area contributed by atoms with Crippen molar-refractivity contribution in [2.45, 2.75) is 32.2 Å². The highest BCUT2D eigenvalue weighted by Gasteiger charge is 2.04. The number of hydrogen-bond acceptors (Lipinski definition) is 5. The zero-order valence-electron chi connectivity index (χ0n) is 8.64. The van der Waals surface area contributed by atoms with Crippen LogP contribution in [-0.4, -0.2) is 37.6 Å². The molecule has 0 fully saturated rings. The van der Waals surface area contributed by atoms with E-state index < -0.39 is 5.97 Å². The largest absolute Gasteiger partial charge is 0.481 e. The summed E-state index contributed by atoms with van der Waals surface area (Å²) >= 11 is 0. The second kappa shape index (κ2) is 6.49. The van der Waals surface area contributed by atoms with Gasteiger partial charge in [0.25, 0.3) is 0 Å². The van der Waals surface area contributed by atoms with Crippen molar-refractivity contribution in [2.24, 2.45) is 0 Å². The molecule has 0 atom stereocenters. The van der Waals surface area contributed by atoms with Gasteiger partial charge in [-0.05, 0) is 12.8 Å². The third kappa shape index (κ3) is 5.03. The minimum absolute atomic E-state index is 0.0954. The van der Waals surface area contributed by atoms with Crippen LogP contribution in [0, 0.1) is 0 Å². The maximum atomic E-state index is 11.2. The van der Waals surface area contributed by atoms with Crippen LogP contribution >= 0.6 is 0 Å². The Morgan fingerprint density at radius 1 is 1.31 bits per heavy atom. The number of carbonyl (C=O) groups excluding carboxylic acids is 1. The summed E-state index contributed by atoms with van der Waals surface area (Å²) in [5.41, 5.74) is 0. The molecule has 0 aliphatic heterocycles. The molecule has 0 aliphatic rings. The van der Waals surface area contributed by atoms with Crippen LogP contribution in [0.15, 0.2) is 0 Å². The number of carboxylic acid groups (broad SMARTS) is 1. The molecule has 1 aromatic rings. The molecule has 1 heterocycles. The van der Waals surface area contributed by atoms with Crippen molar-refractivity contribution >= 4 is 11.9 Å². The zero-order chi connectivity index (χ0) is 11.8. The Morgan fingerprint density at radius 3 is 2.69 bits per heavy atom. The summed E-state index contributed by atoms with van der Waals surface area (Å²) in [5, 5.41) is 23.9. The molecule has 0 bridgehead atoms. The first-order chi connectivity index (χ1) is 7.68. The molecule has 8 nitrogen and oxygen atoms in total. The van der Waals surface area contributed by atoms with E-state index in [0.717, 1.165) is 0 Å². The number of aromatic nitrogens is 4. The van der Waals surface area contributed by atoms with Gasteiger partial charge in [-0.25, -0.2) is 0 Å². The third-order valence-corrected chi connectivity index (χ3v) is 1.88.